The fourth-order valence-corrected chi connectivity index (χ4v) is 1.61. The molecule has 0 aliphatic carbocycles. The van der Waals surface area contributed by atoms with Gasteiger partial charge in [0.2, 0.25) is 0 Å². The van der Waals surface area contributed by atoms with Crippen molar-refractivity contribution >= 4 is 5.97 Å². The lowest BCUT2D eigenvalue weighted by Crippen LogP contribution is -2.31. The lowest BCUT2D eigenvalue weighted by molar-refractivity contribution is -0.144. The van der Waals surface area contributed by atoms with Crippen LogP contribution in [0, 0.1) is 6.92 Å². The van der Waals surface area contributed by atoms with E-state index >= 15 is 0 Å². The number of nitrogens with zero attached hydrogens (tertiary/aromatic N) is 2. The maximum atomic E-state index is 11.4. The Labute approximate surface area is 102 Å². The van der Waals surface area contributed by atoms with E-state index in [1.54, 1.807) is 0 Å². The maximum absolute atomic E-state index is 11.4. The van der Waals surface area contributed by atoms with Gasteiger partial charge in [0.05, 0.1) is 18.8 Å². The van der Waals surface area contributed by atoms with E-state index in [1.165, 1.54) is 6.39 Å². The zero-order valence-corrected chi connectivity index (χ0v) is 10.7. The molecule has 0 amide bonds. The van der Waals surface area contributed by atoms with Crippen molar-refractivity contribution in [2.45, 2.75) is 33.7 Å². The number of hydrogen-bond acceptors (Lipinski definition) is 5. The van der Waals surface area contributed by atoms with Crippen molar-refractivity contribution in [1.82, 2.24) is 9.88 Å². The van der Waals surface area contributed by atoms with Crippen molar-refractivity contribution in [3.8, 4) is 0 Å². The Hall–Kier alpha value is -1.36. The predicted molar refractivity (Wildman–Crippen MR) is 63.4 cm³/mol. The summed E-state index contributed by atoms with van der Waals surface area (Å²) in [5.74, 6) is 0.608. The Morgan fingerprint density at radius 1 is 1.53 bits per heavy atom. The second kappa shape index (κ2) is 7.06. The molecule has 0 fully saturated rings. The van der Waals surface area contributed by atoms with E-state index in [-0.39, 0.29) is 5.97 Å². The highest BCUT2D eigenvalue weighted by Gasteiger charge is 2.14. The second-order valence-corrected chi connectivity index (χ2v) is 3.87. The molecular formula is C12H20N2O3. The van der Waals surface area contributed by atoms with Crippen molar-refractivity contribution in [2.24, 2.45) is 0 Å². The van der Waals surface area contributed by atoms with Crippen LogP contribution in [0.3, 0.4) is 0 Å². The largest absolute Gasteiger partial charge is 0.465 e. The van der Waals surface area contributed by atoms with Crippen molar-refractivity contribution < 1.29 is 13.9 Å². The zero-order valence-electron chi connectivity index (χ0n) is 10.7. The molecule has 0 atom stereocenters. The predicted octanol–water partition coefficient (Wildman–Crippen LogP) is 1.76. The Balaban J connectivity index is 2.54. The molecule has 0 spiro atoms. The standard InChI is InChI=1S/C12H20N2O3/c1-4-6-14(8-12(15)16-5-2)7-11-10(3)17-9-13-11/h9H,4-8H2,1-3H3. The summed E-state index contributed by atoms with van der Waals surface area (Å²) >= 11 is 0. The summed E-state index contributed by atoms with van der Waals surface area (Å²) in [5, 5.41) is 0. The molecule has 0 unspecified atom stereocenters. The van der Waals surface area contributed by atoms with Crippen LogP contribution in [0.15, 0.2) is 10.8 Å². The number of esters is 1. The molecule has 0 aromatic carbocycles. The lowest BCUT2D eigenvalue weighted by Gasteiger charge is -2.19. The van der Waals surface area contributed by atoms with E-state index in [0.29, 0.717) is 19.7 Å². The van der Waals surface area contributed by atoms with Crippen LogP contribution >= 0.6 is 0 Å². The van der Waals surface area contributed by atoms with Gasteiger partial charge in [-0.3, -0.25) is 9.69 Å². The molecule has 5 heteroatoms. The monoisotopic (exact) mass is 240 g/mol. The van der Waals surface area contributed by atoms with Crippen molar-refractivity contribution in [3.05, 3.63) is 17.8 Å². The van der Waals surface area contributed by atoms with E-state index in [1.807, 2.05) is 18.7 Å². The minimum absolute atomic E-state index is 0.193. The number of oxazole rings is 1. The number of aryl methyl sites for hydroxylation is 1. The first-order chi connectivity index (χ1) is 8.17. The molecule has 0 radical (unpaired) electrons. The first kappa shape index (κ1) is 13.7. The summed E-state index contributed by atoms with van der Waals surface area (Å²) in [4.78, 5) is 17.6. The first-order valence-corrected chi connectivity index (χ1v) is 5.94. The van der Waals surface area contributed by atoms with E-state index in [9.17, 15) is 4.79 Å². The smallest absolute Gasteiger partial charge is 0.320 e. The molecule has 0 aliphatic heterocycles. The molecule has 0 aliphatic rings. The average molecular weight is 240 g/mol. The normalized spacial score (nSPS) is 10.8. The number of carbonyl (C=O) groups is 1. The fraction of sp³-hybridized carbons (Fsp3) is 0.667. The van der Waals surface area contributed by atoms with Gasteiger partial charge in [-0.2, -0.15) is 0 Å². The van der Waals surface area contributed by atoms with Gasteiger partial charge < -0.3 is 9.15 Å². The third kappa shape index (κ3) is 4.56. The van der Waals surface area contributed by atoms with Gasteiger partial charge in [0.1, 0.15) is 5.76 Å². The van der Waals surface area contributed by atoms with Crippen LogP contribution in [0.4, 0.5) is 0 Å². The molecule has 0 bridgehead atoms. The van der Waals surface area contributed by atoms with Crippen LogP contribution in [0.25, 0.3) is 0 Å². The topological polar surface area (TPSA) is 55.6 Å². The minimum Gasteiger partial charge on any atom is -0.465 e. The van der Waals surface area contributed by atoms with E-state index in [0.717, 1.165) is 24.4 Å². The van der Waals surface area contributed by atoms with Crippen LogP contribution in [-0.2, 0) is 16.1 Å². The van der Waals surface area contributed by atoms with Crippen LogP contribution < -0.4 is 0 Å². The quantitative estimate of drug-likeness (QED) is 0.680. The Bertz CT molecular complexity index is 349. The highest BCUT2D eigenvalue weighted by atomic mass is 16.5. The Kier molecular flexibility index (Phi) is 5.69. The zero-order chi connectivity index (χ0) is 12.7. The SMILES string of the molecule is CCCN(CC(=O)OCC)Cc1ncoc1C. The Morgan fingerprint density at radius 2 is 2.29 bits per heavy atom. The van der Waals surface area contributed by atoms with Crippen LogP contribution in [0.5, 0.6) is 0 Å². The van der Waals surface area contributed by atoms with Gasteiger partial charge >= 0.3 is 5.97 Å². The molecule has 5 nitrogen and oxygen atoms in total. The molecule has 96 valence electrons. The maximum Gasteiger partial charge on any atom is 0.320 e. The highest BCUT2D eigenvalue weighted by molar-refractivity contribution is 5.71. The van der Waals surface area contributed by atoms with Gasteiger partial charge in [0.15, 0.2) is 6.39 Å². The van der Waals surface area contributed by atoms with Gasteiger partial charge in [-0.25, -0.2) is 4.98 Å². The third-order valence-corrected chi connectivity index (χ3v) is 2.42. The van der Waals surface area contributed by atoms with Gasteiger partial charge in [-0.1, -0.05) is 6.92 Å². The second-order valence-electron chi connectivity index (χ2n) is 3.87. The molecule has 1 aromatic rings. The molecule has 1 aromatic heterocycles. The number of rotatable bonds is 7. The highest BCUT2D eigenvalue weighted by Crippen LogP contribution is 2.08. The summed E-state index contributed by atoms with van der Waals surface area (Å²) in [6, 6.07) is 0. The van der Waals surface area contributed by atoms with Crippen molar-refractivity contribution in [2.75, 3.05) is 19.7 Å². The van der Waals surface area contributed by atoms with Crippen LogP contribution in [0.2, 0.25) is 0 Å². The summed E-state index contributed by atoms with van der Waals surface area (Å²) in [6.45, 7) is 7.93. The van der Waals surface area contributed by atoms with E-state index in [4.69, 9.17) is 9.15 Å². The molecule has 1 heterocycles. The third-order valence-electron chi connectivity index (χ3n) is 2.42. The number of carbonyl (C=O) groups excluding carboxylic acids is 1. The van der Waals surface area contributed by atoms with Crippen molar-refractivity contribution in [3.63, 3.8) is 0 Å². The first-order valence-electron chi connectivity index (χ1n) is 5.94. The van der Waals surface area contributed by atoms with Crippen molar-refractivity contribution in [1.29, 1.82) is 0 Å². The molecule has 0 saturated heterocycles. The van der Waals surface area contributed by atoms with Gasteiger partial charge in [0.25, 0.3) is 0 Å². The Morgan fingerprint density at radius 3 is 2.82 bits per heavy atom. The minimum atomic E-state index is -0.193. The summed E-state index contributed by atoms with van der Waals surface area (Å²) in [5.41, 5.74) is 0.878. The fourth-order valence-electron chi connectivity index (χ4n) is 1.61. The van der Waals surface area contributed by atoms with Gasteiger partial charge in [-0.05, 0) is 26.8 Å². The average Bonchev–Trinajstić information content (AvgIpc) is 2.65. The molecular weight excluding hydrogens is 220 g/mol. The number of ether oxygens (including phenoxy) is 1. The number of hydrogen-bond donors (Lipinski definition) is 0. The van der Waals surface area contributed by atoms with Gasteiger partial charge in [-0.15, -0.1) is 0 Å². The molecule has 1 rings (SSSR count). The summed E-state index contributed by atoms with van der Waals surface area (Å²) in [6.07, 6.45) is 2.41. The summed E-state index contributed by atoms with van der Waals surface area (Å²) in [7, 11) is 0. The number of aromatic nitrogens is 1. The van der Waals surface area contributed by atoms with Crippen LogP contribution in [0.1, 0.15) is 31.7 Å². The summed E-state index contributed by atoms with van der Waals surface area (Å²) < 4.78 is 10.1. The van der Waals surface area contributed by atoms with Gasteiger partial charge in [0, 0.05) is 6.54 Å². The van der Waals surface area contributed by atoms with E-state index < -0.39 is 0 Å². The molecule has 0 saturated carbocycles. The molecule has 17 heavy (non-hydrogen) atoms. The molecule has 0 N–H and O–H groups in total. The van der Waals surface area contributed by atoms with E-state index in [2.05, 4.69) is 11.9 Å². The van der Waals surface area contributed by atoms with Crippen LogP contribution in [-0.4, -0.2) is 35.5 Å². The lowest BCUT2D eigenvalue weighted by atomic mass is 10.3.